The molecule has 0 bridgehead atoms. The van der Waals surface area contributed by atoms with Crippen LogP contribution in [0.25, 0.3) is 0 Å². The first-order chi connectivity index (χ1) is 5.59. The Hall–Kier alpha value is -0.610. The third-order valence-electron chi connectivity index (χ3n) is 1.65. The fraction of sp³-hybridized carbons (Fsp3) is 0.375. The molecule has 0 fully saturated rings. The molecule has 0 amide bonds. The number of thiophene rings is 1. The lowest BCUT2D eigenvalue weighted by Crippen LogP contribution is -2.27. The molecule has 4 heteroatoms. The molecule has 0 spiro atoms. The number of aryl methyl sites for hydroxylation is 2. The molecule has 1 heterocycles. The molecular formula is C8H12N2S2. The quantitative estimate of drug-likeness (QED) is 0.714. The van der Waals surface area contributed by atoms with Crippen molar-refractivity contribution in [3.8, 4) is 0 Å². The molecule has 1 aromatic rings. The molecule has 1 rings (SSSR count). The minimum absolute atomic E-state index is 0.360. The molecule has 0 saturated carbocycles. The van der Waals surface area contributed by atoms with E-state index in [-0.39, 0.29) is 0 Å². The van der Waals surface area contributed by atoms with Crippen molar-refractivity contribution in [1.82, 2.24) is 5.32 Å². The highest BCUT2D eigenvalue weighted by Gasteiger charge is 2.00. The highest BCUT2D eigenvalue weighted by atomic mass is 32.1. The summed E-state index contributed by atoms with van der Waals surface area (Å²) in [5.41, 5.74) is 6.64. The summed E-state index contributed by atoms with van der Waals surface area (Å²) in [5.74, 6) is 0. The normalized spacial score (nSPS) is 9.83. The van der Waals surface area contributed by atoms with Crippen LogP contribution in [0.2, 0.25) is 0 Å². The predicted molar refractivity (Wildman–Crippen MR) is 57.4 cm³/mol. The summed E-state index contributed by atoms with van der Waals surface area (Å²) in [6.07, 6.45) is 0. The Morgan fingerprint density at radius 3 is 2.75 bits per heavy atom. The summed E-state index contributed by atoms with van der Waals surface area (Å²) in [7, 11) is 0. The fourth-order valence-electron chi connectivity index (χ4n) is 0.911. The van der Waals surface area contributed by atoms with Crippen LogP contribution >= 0.6 is 23.6 Å². The van der Waals surface area contributed by atoms with E-state index in [9.17, 15) is 0 Å². The Morgan fingerprint density at radius 2 is 2.33 bits per heavy atom. The summed E-state index contributed by atoms with van der Waals surface area (Å²) in [5, 5.41) is 3.28. The average molecular weight is 200 g/mol. The molecule has 3 N–H and O–H groups in total. The largest absolute Gasteiger partial charge is 0.376 e. The highest BCUT2D eigenvalue weighted by Crippen LogP contribution is 2.19. The molecule has 12 heavy (non-hydrogen) atoms. The van der Waals surface area contributed by atoms with Crippen molar-refractivity contribution in [3.05, 3.63) is 21.4 Å². The monoisotopic (exact) mass is 200 g/mol. The van der Waals surface area contributed by atoms with Crippen LogP contribution in [0.1, 0.15) is 15.3 Å². The van der Waals surface area contributed by atoms with Crippen molar-refractivity contribution in [2.45, 2.75) is 20.4 Å². The van der Waals surface area contributed by atoms with E-state index in [4.69, 9.17) is 18.0 Å². The van der Waals surface area contributed by atoms with Gasteiger partial charge >= 0.3 is 0 Å². The molecule has 0 saturated heterocycles. The van der Waals surface area contributed by atoms with E-state index in [1.807, 2.05) is 0 Å². The summed E-state index contributed by atoms with van der Waals surface area (Å²) in [6, 6.07) is 2.16. The SMILES string of the molecule is Cc1cc(CNC(N)=S)sc1C. The first-order valence-electron chi connectivity index (χ1n) is 3.69. The zero-order valence-electron chi connectivity index (χ0n) is 7.18. The van der Waals surface area contributed by atoms with Crippen molar-refractivity contribution < 1.29 is 0 Å². The van der Waals surface area contributed by atoms with E-state index >= 15 is 0 Å². The molecule has 1 aromatic heterocycles. The minimum atomic E-state index is 0.360. The Balaban J connectivity index is 2.58. The minimum Gasteiger partial charge on any atom is -0.376 e. The smallest absolute Gasteiger partial charge is 0.163 e. The Bertz CT molecular complexity index is 272. The summed E-state index contributed by atoms with van der Waals surface area (Å²) < 4.78 is 0. The standard InChI is InChI=1S/C8H12N2S2/c1-5-3-7(12-6(5)2)4-10-8(9)11/h3H,4H2,1-2H3,(H3,9,10,11). The first kappa shape index (κ1) is 9.48. The lowest BCUT2D eigenvalue weighted by molar-refractivity contribution is 0.939. The van der Waals surface area contributed by atoms with Gasteiger partial charge in [-0.25, -0.2) is 0 Å². The molecule has 0 aromatic carbocycles. The van der Waals surface area contributed by atoms with Gasteiger partial charge in [-0.1, -0.05) is 0 Å². The van der Waals surface area contributed by atoms with E-state index in [1.165, 1.54) is 15.3 Å². The highest BCUT2D eigenvalue weighted by molar-refractivity contribution is 7.80. The topological polar surface area (TPSA) is 38.0 Å². The molecule has 0 aliphatic heterocycles. The Morgan fingerprint density at radius 1 is 1.67 bits per heavy atom. The third-order valence-corrected chi connectivity index (χ3v) is 2.95. The maximum absolute atomic E-state index is 5.31. The lowest BCUT2D eigenvalue weighted by atomic mass is 10.3. The predicted octanol–water partition coefficient (Wildman–Crippen LogP) is 1.70. The van der Waals surface area contributed by atoms with Crippen LogP contribution in [0.4, 0.5) is 0 Å². The van der Waals surface area contributed by atoms with E-state index in [0.717, 1.165) is 6.54 Å². The van der Waals surface area contributed by atoms with E-state index in [0.29, 0.717) is 5.11 Å². The second-order valence-electron chi connectivity index (χ2n) is 2.67. The second-order valence-corrected chi connectivity index (χ2v) is 4.45. The zero-order chi connectivity index (χ0) is 9.14. The molecule has 0 radical (unpaired) electrons. The maximum atomic E-state index is 5.31. The van der Waals surface area contributed by atoms with Crippen LogP contribution in [0.3, 0.4) is 0 Å². The van der Waals surface area contributed by atoms with Gasteiger partial charge in [-0.05, 0) is 37.7 Å². The van der Waals surface area contributed by atoms with Crippen LogP contribution in [0.15, 0.2) is 6.07 Å². The number of nitrogens with one attached hydrogen (secondary N) is 1. The van der Waals surface area contributed by atoms with Gasteiger partial charge in [-0.2, -0.15) is 0 Å². The summed E-state index contributed by atoms with van der Waals surface area (Å²) >= 11 is 6.48. The maximum Gasteiger partial charge on any atom is 0.163 e. The van der Waals surface area contributed by atoms with E-state index < -0.39 is 0 Å². The zero-order valence-corrected chi connectivity index (χ0v) is 8.81. The van der Waals surface area contributed by atoms with Crippen LogP contribution in [-0.2, 0) is 6.54 Å². The molecule has 2 nitrogen and oxygen atoms in total. The molecule has 0 unspecified atom stereocenters. The average Bonchev–Trinajstić information content (AvgIpc) is 2.28. The van der Waals surface area contributed by atoms with E-state index in [2.05, 4.69) is 25.2 Å². The number of hydrogen-bond acceptors (Lipinski definition) is 2. The molecule has 0 atom stereocenters. The van der Waals surface area contributed by atoms with Crippen LogP contribution < -0.4 is 11.1 Å². The summed E-state index contributed by atoms with van der Waals surface area (Å²) in [4.78, 5) is 2.63. The van der Waals surface area contributed by atoms with Gasteiger partial charge in [0.2, 0.25) is 0 Å². The Kier molecular flexibility index (Phi) is 3.05. The summed E-state index contributed by atoms with van der Waals surface area (Å²) in [6.45, 7) is 4.97. The van der Waals surface area contributed by atoms with Gasteiger partial charge in [0, 0.05) is 9.75 Å². The first-order valence-corrected chi connectivity index (χ1v) is 4.91. The third kappa shape index (κ3) is 2.46. The van der Waals surface area contributed by atoms with Gasteiger partial charge in [0.25, 0.3) is 0 Å². The second kappa shape index (κ2) is 3.87. The van der Waals surface area contributed by atoms with Crippen LogP contribution in [0, 0.1) is 13.8 Å². The van der Waals surface area contributed by atoms with Gasteiger partial charge < -0.3 is 11.1 Å². The number of nitrogens with two attached hydrogens (primary N) is 1. The van der Waals surface area contributed by atoms with Crippen molar-refractivity contribution in [2.75, 3.05) is 0 Å². The molecular weight excluding hydrogens is 188 g/mol. The fourth-order valence-corrected chi connectivity index (χ4v) is 1.98. The molecule has 0 aliphatic rings. The van der Waals surface area contributed by atoms with Crippen LogP contribution in [-0.4, -0.2) is 5.11 Å². The van der Waals surface area contributed by atoms with Gasteiger partial charge in [-0.3, -0.25) is 0 Å². The van der Waals surface area contributed by atoms with Gasteiger partial charge in [0.15, 0.2) is 5.11 Å². The Labute approximate surface area is 81.8 Å². The molecule has 0 aliphatic carbocycles. The number of rotatable bonds is 2. The van der Waals surface area contributed by atoms with Crippen molar-refractivity contribution in [1.29, 1.82) is 0 Å². The van der Waals surface area contributed by atoms with Crippen molar-refractivity contribution in [2.24, 2.45) is 5.73 Å². The van der Waals surface area contributed by atoms with Crippen LogP contribution in [0.5, 0.6) is 0 Å². The van der Waals surface area contributed by atoms with Crippen molar-refractivity contribution in [3.63, 3.8) is 0 Å². The van der Waals surface area contributed by atoms with E-state index in [1.54, 1.807) is 11.3 Å². The van der Waals surface area contributed by atoms with Crippen molar-refractivity contribution >= 4 is 28.7 Å². The number of thiocarbonyl (C=S) groups is 1. The van der Waals surface area contributed by atoms with Gasteiger partial charge in [-0.15, -0.1) is 11.3 Å². The molecule has 66 valence electrons. The van der Waals surface area contributed by atoms with Gasteiger partial charge in [0.05, 0.1) is 6.54 Å². The number of hydrogen-bond donors (Lipinski definition) is 2. The van der Waals surface area contributed by atoms with Gasteiger partial charge in [0.1, 0.15) is 0 Å². The lowest BCUT2D eigenvalue weighted by Gasteiger charge is -1.99.